The molecule has 1 atom stereocenters. The number of carboxylic acid groups (broad SMARTS) is 1. The molecule has 110 valence electrons. The Balaban J connectivity index is 1.83. The van der Waals surface area contributed by atoms with Gasteiger partial charge in [-0.05, 0) is 17.5 Å². The van der Waals surface area contributed by atoms with Crippen molar-refractivity contribution in [3.05, 3.63) is 47.1 Å². The summed E-state index contributed by atoms with van der Waals surface area (Å²) in [5.41, 5.74) is 2.26. The van der Waals surface area contributed by atoms with Gasteiger partial charge in [-0.25, -0.2) is 0 Å². The molecule has 0 radical (unpaired) electrons. The van der Waals surface area contributed by atoms with Crippen molar-refractivity contribution < 1.29 is 14.4 Å². The van der Waals surface area contributed by atoms with E-state index in [2.05, 4.69) is 10.1 Å². The van der Waals surface area contributed by atoms with E-state index in [1.165, 1.54) is 0 Å². The zero-order valence-electron chi connectivity index (χ0n) is 11.8. The molecule has 0 bridgehead atoms. The predicted octanol–water partition coefficient (Wildman–Crippen LogP) is 1.64. The second kappa shape index (κ2) is 5.65. The zero-order chi connectivity index (χ0) is 14.8. The van der Waals surface area contributed by atoms with Crippen LogP contribution in [0.1, 0.15) is 29.8 Å². The largest absolute Gasteiger partial charge is 0.480 e. The Morgan fingerprint density at radius 2 is 2.19 bits per heavy atom. The summed E-state index contributed by atoms with van der Waals surface area (Å²) in [6.07, 6.45) is 1.18. The summed E-state index contributed by atoms with van der Waals surface area (Å²) in [6, 6.07) is 7.39. The SMILES string of the molecule is CCc1nc(CN2Cc3ccccc3CC2C(=O)O)no1. The van der Waals surface area contributed by atoms with Crippen molar-refractivity contribution in [2.45, 2.75) is 38.9 Å². The average Bonchev–Trinajstić information content (AvgIpc) is 2.94. The predicted molar refractivity (Wildman–Crippen MR) is 74.5 cm³/mol. The molecule has 0 amide bonds. The summed E-state index contributed by atoms with van der Waals surface area (Å²) in [5, 5.41) is 13.4. The summed E-state index contributed by atoms with van der Waals surface area (Å²) >= 11 is 0. The van der Waals surface area contributed by atoms with Gasteiger partial charge in [-0.15, -0.1) is 0 Å². The number of aryl methyl sites for hydroxylation is 1. The summed E-state index contributed by atoms with van der Waals surface area (Å²) in [7, 11) is 0. The van der Waals surface area contributed by atoms with Gasteiger partial charge in [-0.1, -0.05) is 36.3 Å². The minimum atomic E-state index is -0.816. The first-order valence-electron chi connectivity index (χ1n) is 7.02. The molecule has 0 fully saturated rings. The standard InChI is InChI=1S/C15H17N3O3/c1-2-14-16-13(17-21-14)9-18-8-11-6-4-3-5-10(11)7-12(18)15(19)20/h3-6,12H,2,7-9H2,1H3,(H,19,20). The number of benzene rings is 1. The molecule has 1 aromatic carbocycles. The highest BCUT2D eigenvalue weighted by Crippen LogP contribution is 2.24. The number of nitrogens with zero attached hydrogens (tertiary/aromatic N) is 3. The lowest BCUT2D eigenvalue weighted by Crippen LogP contribution is -2.45. The van der Waals surface area contributed by atoms with Crippen LogP contribution in [0.4, 0.5) is 0 Å². The Bertz CT molecular complexity index is 653. The van der Waals surface area contributed by atoms with E-state index in [-0.39, 0.29) is 0 Å². The lowest BCUT2D eigenvalue weighted by molar-refractivity contribution is -0.144. The molecule has 0 spiro atoms. The Morgan fingerprint density at radius 3 is 2.86 bits per heavy atom. The van der Waals surface area contributed by atoms with Gasteiger partial charge in [0.2, 0.25) is 5.89 Å². The summed E-state index contributed by atoms with van der Waals surface area (Å²) in [5.74, 6) is 0.301. The molecule has 6 heteroatoms. The van der Waals surface area contributed by atoms with Crippen LogP contribution in [0.5, 0.6) is 0 Å². The van der Waals surface area contributed by atoms with E-state index in [0.29, 0.717) is 37.6 Å². The highest BCUT2D eigenvalue weighted by molar-refractivity contribution is 5.74. The monoisotopic (exact) mass is 287 g/mol. The van der Waals surface area contributed by atoms with Crippen molar-refractivity contribution >= 4 is 5.97 Å². The van der Waals surface area contributed by atoms with E-state index < -0.39 is 12.0 Å². The number of carbonyl (C=O) groups is 1. The summed E-state index contributed by atoms with van der Waals surface area (Å²) in [6.45, 7) is 2.91. The first-order valence-corrected chi connectivity index (χ1v) is 7.02. The van der Waals surface area contributed by atoms with Gasteiger partial charge in [-0.2, -0.15) is 4.98 Å². The van der Waals surface area contributed by atoms with Gasteiger partial charge in [0.15, 0.2) is 5.82 Å². The van der Waals surface area contributed by atoms with Crippen LogP contribution in [0.15, 0.2) is 28.8 Å². The summed E-state index contributed by atoms with van der Waals surface area (Å²) < 4.78 is 5.09. The van der Waals surface area contributed by atoms with Crippen molar-refractivity contribution in [1.82, 2.24) is 15.0 Å². The van der Waals surface area contributed by atoms with Crippen LogP contribution in [0.3, 0.4) is 0 Å². The van der Waals surface area contributed by atoms with Gasteiger partial charge in [-0.3, -0.25) is 9.69 Å². The molecule has 0 saturated heterocycles. The van der Waals surface area contributed by atoms with Crippen LogP contribution in [-0.4, -0.2) is 32.2 Å². The van der Waals surface area contributed by atoms with Crippen molar-refractivity contribution in [2.75, 3.05) is 0 Å². The fourth-order valence-electron chi connectivity index (χ4n) is 2.67. The van der Waals surface area contributed by atoms with E-state index in [1.54, 1.807) is 0 Å². The maximum atomic E-state index is 11.5. The molecule has 1 N–H and O–H groups in total. The molecule has 2 aromatic rings. The lowest BCUT2D eigenvalue weighted by atomic mass is 9.94. The molecule has 6 nitrogen and oxygen atoms in total. The molecule has 21 heavy (non-hydrogen) atoms. The Labute approximate surface area is 122 Å². The fourth-order valence-corrected chi connectivity index (χ4v) is 2.67. The number of rotatable bonds is 4. The maximum absolute atomic E-state index is 11.5. The van der Waals surface area contributed by atoms with Gasteiger partial charge in [0.1, 0.15) is 6.04 Å². The molecule has 1 aliphatic heterocycles. The van der Waals surface area contributed by atoms with Crippen LogP contribution >= 0.6 is 0 Å². The van der Waals surface area contributed by atoms with Gasteiger partial charge >= 0.3 is 5.97 Å². The van der Waals surface area contributed by atoms with Crippen LogP contribution < -0.4 is 0 Å². The Hall–Kier alpha value is -2.21. The second-order valence-electron chi connectivity index (χ2n) is 5.19. The van der Waals surface area contributed by atoms with Crippen molar-refractivity contribution in [3.8, 4) is 0 Å². The third kappa shape index (κ3) is 2.80. The highest BCUT2D eigenvalue weighted by atomic mass is 16.5. The molecular weight excluding hydrogens is 270 g/mol. The minimum absolute atomic E-state index is 0.384. The van der Waals surface area contributed by atoms with E-state index in [0.717, 1.165) is 11.1 Å². The van der Waals surface area contributed by atoms with Gasteiger partial charge in [0, 0.05) is 13.0 Å². The van der Waals surface area contributed by atoms with Crippen LogP contribution in [-0.2, 0) is 30.7 Å². The first kappa shape index (κ1) is 13.8. The normalized spacial score (nSPS) is 18.4. The van der Waals surface area contributed by atoms with Gasteiger partial charge < -0.3 is 9.63 Å². The van der Waals surface area contributed by atoms with Gasteiger partial charge in [0.05, 0.1) is 6.54 Å². The smallest absolute Gasteiger partial charge is 0.321 e. The first-order chi connectivity index (χ1) is 10.2. The topological polar surface area (TPSA) is 79.5 Å². The molecule has 1 aliphatic rings. The molecular formula is C15H17N3O3. The number of hydrogen-bond acceptors (Lipinski definition) is 5. The minimum Gasteiger partial charge on any atom is -0.480 e. The molecule has 2 heterocycles. The number of aromatic nitrogens is 2. The number of fused-ring (bicyclic) bond motifs is 1. The summed E-state index contributed by atoms with van der Waals surface area (Å²) in [4.78, 5) is 17.7. The number of carboxylic acids is 1. The quantitative estimate of drug-likeness (QED) is 0.921. The lowest BCUT2D eigenvalue weighted by Gasteiger charge is -2.33. The van der Waals surface area contributed by atoms with Crippen LogP contribution in [0.2, 0.25) is 0 Å². The van der Waals surface area contributed by atoms with Crippen molar-refractivity contribution in [3.63, 3.8) is 0 Å². The molecule has 1 unspecified atom stereocenters. The second-order valence-corrected chi connectivity index (χ2v) is 5.19. The molecule has 1 aromatic heterocycles. The Morgan fingerprint density at radius 1 is 1.43 bits per heavy atom. The Kier molecular flexibility index (Phi) is 3.70. The molecule has 3 rings (SSSR count). The van der Waals surface area contributed by atoms with Gasteiger partial charge in [0.25, 0.3) is 0 Å². The van der Waals surface area contributed by atoms with E-state index in [4.69, 9.17) is 4.52 Å². The third-order valence-corrected chi connectivity index (χ3v) is 3.79. The highest BCUT2D eigenvalue weighted by Gasteiger charge is 2.32. The molecule has 0 aliphatic carbocycles. The van der Waals surface area contributed by atoms with E-state index >= 15 is 0 Å². The number of hydrogen-bond donors (Lipinski definition) is 1. The van der Waals surface area contributed by atoms with E-state index in [9.17, 15) is 9.90 Å². The zero-order valence-corrected chi connectivity index (χ0v) is 11.8. The number of aliphatic carboxylic acids is 1. The molecule has 0 saturated carbocycles. The van der Waals surface area contributed by atoms with Crippen molar-refractivity contribution in [1.29, 1.82) is 0 Å². The maximum Gasteiger partial charge on any atom is 0.321 e. The van der Waals surface area contributed by atoms with E-state index in [1.807, 2.05) is 36.1 Å². The van der Waals surface area contributed by atoms with Crippen molar-refractivity contribution in [2.24, 2.45) is 0 Å². The van der Waals surface area contributed by atoms with Crippen LogP contribution in [0, 0.1) is 0 Å². The average molecular weight is 287 g/mol. The fraction of sp³-hybridized carbons (Fsp3) is 0.400. The third-order valence-electron chi connectivity index (χ3n) is 3.79. The van der Waals surface area contributed by atoms with Crippen LogP contribution in [0.25, 0.3) is 0 Å².